The second kappa shape index (κ2) is 6.01. The zero-order valence-corrected chi connectivity index (χ0v) is 11.2. The van der Waals surface area contributed by atoms with Gasteiger partial charge in [0.05, 0.1) is 11.6 Å². The monoisotopic (exact) mass is 303 g/mol. The van der Waals surface area contributed by atoms with Crippen molar-refractivity contribution in [1.82, 2.24) is 0 Å². The van der Waals surface area contributed by atoms with Crippen LogP contribution in [0.5, 0.6) is 5.75 Å². The van der Waals surface area contributed by atoms with E-state index in [-0.39, 0.29) is 23.5 Å². The average molecular weight is 304 g/mol. The number of carbonyl (C=O) groups is 1. The molecule has 0 spiro atoms. The summed E-state index contributed by atoms with van der Waals surface area (Å²) in [5.74, 6) is -2.67. The van der Waals surface area contributed by atoms with Crippen LogP contribution >= 0.6 is 23.7 Å². The molecule has 2 rings (SSSR count). The number of carboxylic acid groups (broad SMARTS) is 1. The molecule has 1 heterocycles. The summed E-state index contributed by atoms with van der Waals surface area (Å²) in [6, 6.07) is 4.56. The van der Waals surface area contributed by atoms with E-state index in [1.165, 1.54) is 11.3 Å². The van der Waals surface area contributed by atoms with Gasteiger partial charge in [-0.25, -0.2) is 9.18 Å². The van der Waals surface area contributed by atoms with Gasteiger partial charge in [-0.3, -0.25) is 0 Å². The van der Waals surface area contributed by atoms with Gasteiger partial charge in [-0.05, 0) is 23.6 Å². The van der Waals surface area contributed by atoms with Crippen LogP contribution in [0.3, 0.4) is 0 Å². The lowest BCUT2D eigenvalue weighted by atomic mass is 10.0. The van der Waals surface area contributed by atoms with Crippen molar-refractivity contribution >= 4 is 29.7 Å². The topological polar surface area (TPSA) is 83.6 Å². The predicted molar refractivity (Wildman–Crippen MR) is 72.6 cm³/mol. The van der Waals surface area contributed by atoms with Crippen molar-refractivity contribution in [2.24, 2.45) is 5.73 Å². The Balaban J connectivity index is 0.00000180. The van der Waals surface area contributed by atoms with E-state index in [0.29, 0.717) is 4.88 Å². The van der Waals surface area contributed by atoms with E-state index >= 15 is 0 Å². The molecule has 0 aliphatic carbocycles. The first-order valence-corrected chi connectivity index (χ1v) is 5.94. The Morgan fingerprint density at radius 2 is 2.05 bits per heavy atom. The van der Waals surface area contributed by atoms with Crippen molar-refractivity contribution in [1.29, 1.82) is 0 Å². The maximum Gasteiger partial charge on any atom is 0.339 e. The Labute approximate surface area is 118 Å². The lowest BCUT2D eigenvalue weighted by Crippen LogP contribution is -2.14. The normalized spacial score (nSPS) is 11.7. The van der Waals surface area contributed by atoms with Crippen LogP contribution in [0.2, 0.25) is 0 Å². The number of nitrogens with two attached hydrogens (primary N) is 1. The van der Waals surface area contributed by atoms with Gasteiger partial charge in [0.15, 0.2) is 0 Å². The first-order chi connectivity index (χ1) is 8.52. The third-order valence-electron chi connectivity index (χ3n) is 2.55. The molecule has 0 unspecified atom stereocenters. The fourth-order valence-corrected chi connectivity index (χ4v) is 2.40. The molecule has 0 amide bonds. The molecule has 2 aromatic rings. The quantitative estimate of drug-likeness (QED) is 0.814. The third kappa shape index (κ3) is 2.86. The zero-order chi connectivity index (χ0) is 13.3. The van der Waals surface area contributed by atoms with Crippen LogP contribution in [-0.2, 0) is 0 Å². The third-order valence-corrected chi connectivity index (χ3v) is 3.51. The number of thiophene rings is 1. The van der Waals surface area contributed by atoms with Crippen molar-refractivity contribution in [3.8, 4) is 5.75 Å². The summed E-state index contributed by atoms with van der Waals surface area (Å²) >= 11 is 1.31. The van der Waals surface area contributed by atoms with Crippen molar-refractivity contribution in [3.63, 3.8) is 0 Å². The molecule has 1 aromatic carbocycles. The highest BCUT2D eigenvalue weighted by Gasteiger charge is 2.23. The van der Waals surface area contributed by atoms with Gasteiger partial charge < -0.3 is 15.9 Å². The van der Waals surface area contributed by atoms with Crippen LogP contribution < -0.4 is 5.73 Å². The molecule has 1 aromatic heterocycles. The lowest BCUT2D eigenvalue weighted by molar-refractivity contribution is 0.0693. The summed E-state index contributed by atoms with van der Waals surface area (Å²) in [5.41, 5.74) is 5.29. The van der Waals surface area contributed by atoms with E-state index in [9.17, 15) is 14.3 Å². The summed E-state index contributed by atoms with van der Waals surface area (Å²) < 4.78 is 13.7. The van der Waals surface area contributed by atoms with Crippen molar-refractivity contribution in [3.05, 3.63) is 51.5 Å². The molecule has 0 aliphatic rings. The van der Waals surface area contributed by atoms with Gasteiger partial charge in [-0.1, -0.05) is 6.07 Å². The standard InChI is InChI=1S/C12H10FNO3S.ClH/c13-7-4-3-6(12(16)17)11(15)9(7)10(14)8-2-1-5-18-8;/h1-5,10,15H,14H2,(H,16,17);1H/t10-;/m1./s1. The number of aromatic carboxylic acids is 1. The van der Waals surface area contributed by atoms with Crippen LogP contribution in [0, 0.1) is 5.82 Å². The van der Waals surface area contributed by atoms with E-state index in [2.05, 4.69) is 0 Å². The van der Waals surface area contributed by atoms with Gasteiger partial charge in [0.25, 0.3) is 0 Å². The smallest absolute Gasteiger partial charge is 0.339 e. The maximum absolute atomic E-state index is 13.7. The second-order valence-electron chi connectivity index (χ2n) is 3.66. The van der Waals surface area contributed by atoms with Gasteiger partial charge in [-0.15, -0.1) is 23.7 Å². The van der Waals surface area contributed by atoms with Gasteiger partial charge in [0.2, 0.25) is 0 Å². The van der Waals surface area contributed by atoms with Gasteiger partial charge in [0.1, 0.15) is 17.1 Å². The molecule has 1 atom stereocenters. The van der Waals surface area contributed by atoms with E-state index < -0.39 is 23.6 Å². The molecule has 0 bridgehead atoms. The average Bonchev–Trinajstić information content (AvgIpc) is 2.81. The molecule has 102 valence electrons. The Kier molecular flexibility index (Phi) is 4.88. The number of halogens is 2. The Hall–Kier alpha value is -1.63. The van der Waals surface area contributed by atoms with Gasteiger partial charge in [0, 0.05) is 4.88 Å². The highest BCUT2D eigenvalue weighted by atomic mass is 35.5. The summed E-state index contributed by atoms with van der Waals surface area (Å²) in [5, 5.41) is 20.5. The highest BCUT2D eigenvalue weighted by molar-refractivity contribution is 7.10. The summed E-state index contributed by atoms with van der Waals surface area (Å²) in [6.07, 6.45) is 0. The molecule has 0 radical (unpaired) electrons. The molecule has 0 saturated carbocycles. The number of hydrogen-bond acceptors (Lipinski definition) is 4. The maximum atomic E-state index is 13.7. The Bertz CT molecular complexity index is 589. The zero-order valence-electron chi connectivity index (χ0n) is 9.54. The minimum atomic E-state index is -1.33. The molecule has 7 heteroatoms. The van der Waals surface area contributed by atoms with E-state index in [1.54, 1.807) is 17.5 Å². The number of benzene rings is 1. The first-order valence-electron chi connectivity index (χ1n) is 5.06. The fourth-order valence-electron chi connectivity index (χ4n) is 1.66. The minimum absolute atomic E-state index is 0. The van der Waals surface area contributed by atoms with Crippen LogP contribution in [0.25, 0.3) is 0 Å². The summed E-state index contributed by atoms with van der Waals surface area (Å²) in [4.78, 5) is 11.5. The van der Waals surface area contributed by atoms with Crippen LogP contribution in [-0.4, -0.2) is 16.2 Å². The minimum Gasteiger partial charge on any atom is -0.507 e. The van der Waals surface area contributed by atoms with Gasteiger partial charge in [-0.2, -0.15) is 0 Å². The number of carboxylic acids is 1. The van der Waals surface area contributed by atoms with Crippen LogP contribution in [0.4, 0.5) is 4.39 Å². The molecule has 0 saturated heterocycles. The summed E-state index contributed by atoms with van der Waals surface area (Å²) in [7, 11) is 0. The molecule has 19 heavy (non-hydrogen) atoms. The predicted octanol–water partition coefficient (Wildman–Crippen LogP) is 2.76. The van der Waals surface area contributed by atoms with Crippen molar-refractivity contribution in [2.75, 3.05) is 0 Å². The number of rotatable bonds is 3. The van der Waals surface area contributed by atoms with Crippen LogP contribution in [0.1, 0.15) is 26.8 Å². The number of hydrogen-bond donors (Lipinski definition) is 3. The number of aromatic hydroxyl groups is 1. The molecule has 0 fully saturated rings. The summed E-state index contributed by atoms with van der Waals surface area (Å²) in [6.45, 7) is 0. The van der Waals surface area contributed by atoms with E-state index in [0.717, 1.165) is 12.1 Å². The first kappa shape index (κ1) is 15.4. The molecular weight excluding hydrogens is 293 g/mol. The number of phenols is 1. The highest BCUT2D eigenvalue weighted by Crippen LogP contribution is 2.34. The van der Waals surface area contributed by atoms with Crippen LogP contribution in [0.15, 0.2) is 29.6 Å². The Morgan fingerprint density at radius 1 is 1.37 bits per heavy atom. The molecule has 4 nitrogen and oxygen atoms in total. The largest absolute Gasteiger partial charge is 0.507 e. The van der Waals surface area contributed by atoms with Gasteiger partial charge >= 0.3 is 5.97 Å². The SMILES string of the molecule is Cl.N[C@H](c1cccs1)c1c(F)ccc(C(=O)O)c1O. The lowest BCUT2D eigenvalue weighted by Gasteiger charge is -2.14. The van der Waals surface area contributed by atoms with Crippen molar-refractivity contribution in [2.45, 2.75) is 6.04 Å². The van der Waals surface area contributed by atoms with E-state index in [1.807, 2.05) is 0 Å². The second-order valence-corrected chi connectivity index (χ2v) is 4.63. The van der Waals surface area contributed by atoms with E-state index in [4.69, 9.17) is 10.8 Å². The fraction of sp³-hybridized carbons (Fsp3) is 0.0833. The van der Waals surface area contributed by atoms with Crippen molar-refractivity contribution < 1.29 is 19.4 Å². The molecule has 4 N–H and O–H groups in total. The Morgan fingerprint density at radius 3 is 2.58 bits per heavy atom. The molecular formula is C12H11ClFNO3S. The molecule has 0 aliphatic heterocycles.